The van der Waals surface area contributed by atoms with E-state index in [0.717, 1.165) is 11.6 Å². The van der Waals surface area contributed by atoms with Crippen molar-refractivity contribution < 1.29 is 4.79 Å². The molecule has 6 heteroatoms. The van der Waals surface area contributed by atoms with Gasteiger partial charge in [0.2, 0.25) is 5.91 Å². The van der Waals surface area contributed by atoms with Crippen LogP contribution >= 0.6 is 0 Å². The summed E-state index contributed by atoms with van der Waals surface area (Å²) < 4.78 is 1.88. The Balaban J connectivity index is 2.14. The lowest BCUT2D eigenvalue weighted by Gasteiger charge is -2.22. The molecule has 20 heavy (non-hydrogen) atoms. The fraction of sp³-hybridized carbons (Fsp3) is 0.357. The maximum Gasteiger partial charge on any atom is 0.244 e. The Bertz CT molecular complexity index is 600. The first kappa shape index (κ1) is 14.2. The van der Waals surface area contributed by atoms with Gasteiger partial charge in [-0.25, -0.2) is 9.97 Å². The van der Waals surface area contributed by atoms with E-state index >= 15 is 0 Å². The molecule has 0 fully saturated rings. The second-order valence-corrected chi connectivity index (χ2v) is 5.08. The molecule has 106 valence electrons. The number of likely N-dealkylation sites (N-methyl/N-ethyl adjacent to an activating group) is 1. The van der Waals surface area contributed by atoms with Gasteiger partial charge in [-0.15, -0.1) is 0 Å². The monoisotopic (exact) mass is 273 g/mol. The van der Waals surface area contributed by atoms with Crippen LogP contribution in [0.25, 0.3) is 5.82 Å². The van der Waals surface area contributed by atoms with Crippen molar-refractivity contribution in [3.05, 3.63) is 36.5 Å². The van der Waals surface area contributed by atoms with Crippen LogP contribution in [0, 0.1) is 6.92 Å². The summed E-state index contributed by atoms with van der Waals surface area (Å²) in [6, 6.07) is 3.67. The number of aryl methyl sites for hydroxylation is 1. The number of aromatic nitrogens is 3. The number of carbonyl (C=O) groups is 1. The topological polar surface area (TPSA) is 71.8 Å². The van der Waals surface area contributed by atoms with E-state index in [9.17, 15) is 4.79 Å². The predicted octanol–water partition coefficient (Wildman–Crippen LogP) is 1.51. The molecule has 0 atom stereocenters. The molecule has 2 aromatic heterocycles. The summed E-state index contributed by atoms with van der Waals surface area (Å²) in [5.41, 5.74) is 0.0411. The molecule has 0 unspecified atom stereocenters. The summed E-state index contributed by atoms with van der Waals surface area (Å²) in [6.07, 6.45) is 5.21. The zero-order chi connectivity index (χ0) is 14.8. The van der Waals surface area contributed by atoms with E-state index in [1.165, 1.54) is 0 Å². The lowest BCUT2D eigenvalue weighted by atomic mass is 10.1. The van der Waals surface area contributed by atoms with Gasteiger partial charge in [-0.2, -0.15) is 0 Å². The highest BCUT2D eigenvalue weighted by molar-refractivity contribution is 5.97. The molecule has 2 aromatic rings. The Morgan fingerprint density at radius 2 is 2.05 bits per heavy atom. The van der Waals surface area contributed by atoms with E-state index in [-0.39, 0.29) is 5.91 Å². The highest BCUT2D eigenvalue weighted by atomic mass is 16.2. The lowest BCUT2D eigenvalue weighted by Crippen LogP contribution is -2.47. The van der Waals surface area contributed by atoms with Crippen LogP contribution in [0.3, 0.4) is 0 Å². The molecule has 1 amide bonds. The first-order valence-electron chi connectivity index (χ1n) is 6.41. The molecule has 2 N–H and O–H groups in total. The van der Waals surface area contributed by atoms with E-state index in [0.29, 0.717) is 5.69 Å². The molecule has 6 nitrogen and oxygen atoms in total. The third-order valence-corrected chi connectivity index (χ3v) is 3.27. The lowest BCUT2D eigenvalue weighted by molar-refractivity contribution is -0.121. The van der Waals surface area contributed by atoms with Gasteiger partial charge < -0.3 is 10.6 Å². The van der Waals surface area contributed by atoms with Crippen molar-refractivity contribution in [1.82, 2.24) is 19.9 Å². The molecule has 0 aromatic carbocycles. The number of rotatable bonds is 4. The first-order chi connectivity index (χ1) is 9.44. The average Bonchev–Trinajstić information content (AvgIpc) is 2.86. The summed E-state index contributed by atoms with van der Waals surface area (Å²) in [4.78, 5) is 20.5. The van der Waals surface area contributed by atoms with Crippen LogP contribution in [0.2, 0.25) is 0 Å². The molecular formula is C14H19N5O. The van der Waals surface area contributed by atoms with Gasteiger partial charge in [-0.3, -0.25) is 9.36 Å². The first-order valence-corrected chi connectivity index (χ1v) is 6.41. The van der Waals surface area contributed by atoms with Gasteiger partial charge in [0.25, 0.3) is 0 Å². The van der Waals surface area contributed by atoms with Crippen molar-refractivity contribution in [3.63, 3.8) is 0 Å². The van der Waals surface area contributed by atoms with Crippen molar-refractivity contribution in [2.45, 2.75) is 26.3 Å². The summed E-state index contributed by atoms with van der Waals surface area (Å²) in [5.74, 6) is 1.53. The van der Waals surface area contributed by atoms with E-state index in [1.807, 2.05) is 43.7 Å². The summed E-state index contributed by atoms with van der Waals surface area (Å²) in [7, 11) is 1.75. The van der Waals surface area contributed by atoms with E-state index in [1.54, 1.807) is 19.4 Å². The number of anilines is 1. The van der Waals surface area contributed by atoms with Crippen molar-refractivity contribution in [1.29, 1.82) is 0 Å². The van der Waals surface area contributed by atoms with Crippen LogP contribution in [-0.4, -0.2) is 33.0 Å². The molecule has 2 rings (SSSR count). The van der Waals surface area contributed by atoms with Gasteiger partial charge in [-0.1, -0.05) is 0 Å². The second-order valence-electron chi connectivity index (χ2n) is 5.08. The Morgan fingerprint density at radius 3 is 2.55 bits per heavy atom. The minimum atomic E-state index is -0.625. The van der Waals surface area contributed by atoms with E-state index < -0.39 is 5.54 Å². The van der Waals surface area contributed by atoms with Gasteiger partial charge in [0.1, 0.15) is 11.6 Å². The van der Waals surface area contributed by atoms with Gasteiger partial charge in [0.05, 0.1) is 17.4 Å². The van der Waals surface area contributed by atoms with Gasteiger partial charge in [0, 0.05) is 12.4 Å². The quantitative estimate of drug-likeness (QED) is 0.885. The van der Waals surface area contributed by atoms with Crippen LogP contribution in [0.5, 0.6) is 0 Å². The van der Waals surface area contributed by atoms with E-state index in [4.69, 9.17) is 0 Å². The second kappa shape index (κ2) is 5.42. The minimum absolute atomic E-state index is 0.103. The molecule has 0 aliphatic heterocycles. The van der Waals surface area contributed by atoms with Crippen LogP contribution in [-0.2, 0) is 4.79 Å². The van der Waals surface area contributed by atoms with Crippen molar-refractivity contribution in [2.75, 3.05) is 12.4 Å². The fourth-order valence-corrected chi connectivity index (χ4v) is 1.62. The summed E-state index contributed by atoms with van der Waals surface area (Å²) in [5, 5.41) is 5.79. The van der Waals surface area contributed by atoms with Gasteiger partial charge in [0.15, 0.2) is 0 Å². The fourth-order valence-electron chi connectivity index (χ4n) is 1.62. The summed E-state index contributed by atoms with van der Waals surface area (Å²) in [6.45, 7) is 5.55. The normalized spacial score (nSPS) is 11.4. The number of nitrogens with one attached hydrogen (secondary N) is 2. The smallest absolute Gasteiger partial charge is 0.244 e. The van der Waals surface area contributed by atoms with Crippen molar-refractivity contribution in [2.24, 2.45) is 0 Å². The summed E-state index contributed by atoms with van der Waals surface area (Å²) >= 11 is 0. The van der Waals surface area contributed by atoms with Crippen molar-refractivity contribution in [3.8, 4) is 5.82 Å². The Morgan fingerprint density at radius 1 is 1.30 bits per heavy atom. The van der Waals surface area contributed by atoms with Crippen LogP contribution < -0.4 is 10.6 Å². The number of hydrogen-bond acceptors (Lipinski definition) is 4. The molecule has 2 heterocycles. The number of amides is 1. The average molecular weight is 273 g/mol. The highest BCUT2D eigenvalue weighted by Gasteiger charge is 2.25. The number of nitrogens with zero attached hydrogens (tertiary/aromatic N) is 3. The molecule has 0 radical (unpaired) electrons. The third kappa shape index (κ3) is 2.85. The van der Waals surface area contributed by atoms with Gasteiger partial charge in [-0.05, 0) is 40.0 Å². The van der Waals surface area contributed by atoms with Crippen molar-refractivity contribution >= 4 is 11.6 Å². The molecule has 0 spiro atoms. The Labute approximate surface area is 118 Å². The van der Waals surface area contributed by atoms with Crippen LogP contribution in [0.4, 0.5) is 5.69 Å². The zero-order valence-corrected chi connectivity index (χ0v) is 12.1. The molecule has 0 aliphatic carbocycles. The highest BCUT2D eigenvalue weighted by Crippen LogP contribution is 2.13. The standard InChI is InChI=1S/C14H19N5O/c1-10-16-7-8-19(10)12-6-5-11(9-17-12)18-13(20)14(2,3)15-4/h5-9,15H,1-4H3,(H,18,20). The zero-order valence-electron chi connectivity index (χ0n) is 12.1. The maximum atomic E-state index is 12.0. The van der Waals surface area contributed by atoms with Crippen LogP contribution in [0.15, 0.2) is 30.7 Å². The molecule has 0 aliphatic rings. The largest absolute Gasteiger partial charge is 0.323 e. The molecule has 0 saturated carbocycles. The SMILES string of the molecule is CNC(C)(C)C(=O)Nc1ccc(-n2ccnc2C)nc1. The number of hydrogen-bond donors (Lipinski definition) is 2. The molecular weight excluding hydrogens is 254 g/mol. The molecule has 0 saturated heterocycles. The molecule has 0 bridgehead atoms. The van der Waals surface area contributed by atoms with Gasteiger partial charge >= 0.3 is 0 Å². The number of pyridine rings is 1. The number of carbonyl (C=O) groups excluding carboxylic acids is 1. The third-order valence-electron chi connectivity index (χ3n) is 3.27. The van der Waals surface area contributed by atoms with Crippen LogP contribution in [0.1, 0.15) is 19.7 Å². The Hall–Kier alpha value is -2.21. The number of imidazole rings is 1. The Kier molecular flexibility index (Phi) is 3.85. The minimum Gasteiger partial charge on any atom is -0.323 e. The van der Waals surface area contributed by atoms with E-state index in [2.05, 4.69) is 20.6 Å². The predicted molar refractivity (Wildman–Crippen MR) is 77.9 cm³/mol. The maximum absolute atomic E-state index is 12.0.